The predicted molar refractivity (Wildman–Crippen MR) is 85.8 cm³/mol. The molecule has 0 fully saturated rings. The van der Waals surface area contributed by atoms with Crippen molar-refractivity contribution in [3.63, 3.8) is 0 Å². The molecule has 0 spiro atoms. The molecular weight excluding hydrogens is 322 g/mol. The Bertz CT molecular complexity index is 959. The van der Waals surface area contributed by atoms with Crippen LogP contribution in [0.2, 0.25) is 0 Å². The highest BCUT2D eigenvalue weighted by Gasteiger charge is 2.26. The van der Waals surface area contributed by atoms with Crippen LogP contribution in [0.3, 0.4) is 0 Å². The van der Waals surface area contributed by atoms with Crippen LogP contribution in [-0.2, 0) is 13.1 Å². The van der Waals surface area contributed by atoms with Gasteiger partial charge in [0.1, 0.15) is 12.0 Å². The Labute approximate surface area is 142 Å². The first-order valence-electron chi connectivity index (χ1n) is 7.80. The van der Waals surface area contributed by atoms with Gasteiger partial charge in [-0.15, -0.1) is 0 Å². The molecule has 124 valence electrons. The normalized spacial score (nSPS) is 14.6. The fraction of sp³-hybridized carbons (Fsp3) is 0.176. The third-order valence-corrected chi connectivity index (χ3v) is 4.35. The van der Waals surface area contributed by atoms with E-state index in [0.717, 1.165) is 16.8 Å². The zero-order valence-corrected chi connectivity index (χ0v) is 13.1. The molecule has 0 saturated carbocycles. The number of carbonyl (C=O) groups excluding carboxylic acids is 1. The van der Waals surface area contributed by atoms with E-state index < -0.39 is 0 Å². The fourth-order valence-corrected chi connectivity index (χ4v) is 3.05. The van der Waals surface area contributed by atoms with Crippen LogP contribution in [0.15, 0.2) is 36.8 Å². The van der Waals surface area contributed by atoms with Crippen LogP contribution in [0.5, 0.6) is 11.5 Å². The largest absolute Gasteiger partial charge is 0.454 e. The molecule has 0 aliphatic carbocycles. The van der Waals surface area contributed by atoms with Gasteiger partial charge in [-0.1, -0.05) is 0 Å². The van der Waals surface area contributed by atoms with Gasteiger partial charge in [0.2, 0.25) is 6.79 Å². The van der Waals surface area contributed by atoms with Crippen LogP contribution in [0.25, 0.3) is 11.3 Å². The molecule has 0 bridgehead atoms. The summed E-state index contributed by atoms with van der Waals surface area (Å²) in [5.74, 6) is 1.28. The Balaban J connectivity index is 1.39. The van der Waals surface area contributed by atoms with Gasteiger partial charge < -0.3 is 14.4 Å². The summed E-state index contributed by atoms with van der Waals surface area (Å²) in [5.41, 5.74) is 3.84. The topological polar surface area (TPSA) is 93.2 Å². The second-order valence-electron chi connectivity index (χ2n) is 5.89. The van der Waals surface area contributed by atoms with E-state index in [2.05, 4.69) is 20.2 Å². The molecule has 2 aliphatic rings. The Hall–Kier alpha value is -3.42. The van der Waals surface area contributed by atoms with E-state index in [4.69, 9.17) is 9.47 Å². The minimum atomic E-state index is -0.113. The molecule has 5 rings (SSSR count). The minimum absolute atomic E-state index is 0.113. The van der Waals surface area contributed by atoms with E-state index in [0.29, 0.717) is 36.0 Å². The number of hydrogen-bond donors (Lipinski definition) is 1. The van der Waals surface area contributed by atoms with E-state index in [1.54, 1.807) is 17.2 Å². The van der Waals surface area contributed by atoms with Gasteiger partial charge in [0.05, 0.1) is 17.9 Å². The van der Waals surface area contributed by atoms with Crippen molar-refractivity contribution >= 4 is 5.91 Å². The summed E-state index contributed by atoms with van der Waals surface area (Å²) in [5, 5.41) is 7.08. The number of ether oxygens (including phenoxy) is 2. The molecule has 0 atom stereocenters. The van der Waals surface area contributed by atoms with Gasteiger partial charge in [-0.2, -0.15) is 5.10 Å². The Morgan fingerprint density at radius 3 is 3.00 bits per heavy atom. The standard InChI is InChI=1S/C17H13N5O3/c23-17(22-6-11-5-18-8-19-14(11)7-22)13-4-12(20-21-13)10-1-2-15-16(3-10)25-9-24-15/h1-5,8H,6-7,9H2,(H,20,21). The summed E-state index contributed by atoms with van der Waals surface area (Å²) >= 11 is 0. The van der Waals surface area contributed by atoms with Gasteiger partial charge in [-0.25, -0.2) is 9.97 Å². The molecular formula is C17H13N5O3. The number of H-pyrrole nitrogens is 1. The van der Waals surface area contributed by atoms with Gasteiger partial charge in [0, 0.05) is 23.9 Å². The second kappa shape index (κ2) is 5.30. The van der Waals surface area contributed by atoms with Crippen molar-refractivity contribution in [3.05, 3.63) is 53.7 Å². The maximum Gasteiger partial charge on any atom is 0.272 e. The van der Waals surface area contributed by atoms with Gasteiger partial charge in [-0.05, 0) is 24.3 Å². The number of carbonyl (C=O) groups is 1. The van der Waals surface area contributed by atoms with Crippen molar-refractivity contribution in [1.82, 2.24) is 25.1 Å². The van der Waals surface area contributed by atoms with Crippen molar-refractivity contribution < 1.29 is 14.3 Å². The number of aromatic amines is 1. The molecule has 8 heteroatoms. The molecule has 1 amide bonds. The third kappa shape index (κ3) is 2.30. The van der Waals surface area contributed by atoms with E-state index in [9.17, 15) is 4.79 Å². The van der Waals surface area contributed by atoms with Gasteiger partial charge in [0.15, 0.2) is 11.5 Å². The highest BCUT2D eigenvalue weighted by molar-refractivity contribution is 5.93. The molecule has 8 nitrogen and oxygen atoms in total. The third-order valence-electron chi connectivity index (χ3n) is 4.35. The maximum absolute atomic E-state index is 12.7. The average Bonchev–Trinajstić information content (AvgIpc) is 3.38. The summed E-state index contributed by atoms with van der Waals surface area (Å²) in [7, 11) is 0. The van der Waals surface area contributed by atoms with Gasteiger partial charge in [-0.3, -0.25) is 9.89 Å². The van der Waals surface area contributed by atoms with Gasteiger partial charge in [0.25, 0.3) is 5.91 Å². The minimum Gasteiger partial charge on any atom is -0.454 e. The summed E-state index contributed by atoms with van der Waals surface area (Å²) in [4.78, 5) is 22.6. The monoisotopic (exact) mass is 335 g/mol. The number of fused-ring (bicyclic) bond motifs is 2. The van der Waals surface area contributed by atoms with Crippen LogP contribution in [0, 0.1) is 0 Å². The molecule has 0 saturated heterocycles. The van der Waals surface area contributed by atoms with Crippen molar-refractivity contribution in [2.24, 2.45) is 0 Å². The van der Waals surface area contributed by atoms with E-state index in [-0.39, 0.29) is 12.7 Å². The number of benzene rings is 1. The first-order valence-corrected chi connectivity index (χ1v) is 7.80. The number of rotatable bonds is 2. The van der Waals surface area contributed by atoms with Crippen molar-refractivity contribution in [1.29, 1.82) is 0 Å². The number of hydrogen-bond acceptors (Lipinski definition) is 6. The lowest BCUT2D eigenvalue weighted by Gasteiger charge is -2.13. The van der Waals surface area contributed by atoms with Crippen LogP contribution in [0.1, 0.15) is 21.7 Å². The van der Waals surface area contributed by atoms with Crippen molar-refractivity contribution in [3.8, 4) is 22.8 Å². The lowest BCUT2D eigenvalue weighted by molar-refractivity contribution is 0.0744. The molecule has 25 heavy (non-hydrogen) atoms. The molecule has 0 radical (unpaired) electrons. The lowest BCUT2D eigenvalue weighted by atomic mass is 10.1. The smallest absolute Gasteiger partial charge is 0.272 e. The number of aromatic nitrogens is 4. The molecule has 1 N–H and O–H groups in total. The molecule has 1 aromatic carbocycles. The zero-order valence-electron chi connectivity index (χ0n) is 13.1. The van der Waals surface area contributed by atoms with Crippen LogP contribution in [0.4, 0.5) is 0 Å². The van der Waals surface area contributed by atoms with Crippen LogP contribution < -0.4 is 9.47 Å². The number of amides is 1. The second-order valence-corrected chi connectivity index (χ2v) is 5.89. The molecule has 3 aromatic rings. The van der Waals surface area contributed by atoms with Crippen molar-refractivity contribution in [2.75, 3.05) is 6.79 Å². The van der Waals surface area contributed by atoms with E-state index in [1.807, 2.05) is 18.2 Å². The predicted octanol–water partition coefficient (Wildman–Crippen LogP) is 1.75. The quantitative estimate of drug-likeness (QED) is 0.767. The molecule has 2 aromatic heterocycles. The zero-order chi connectivity index (χ0) is 16.8. The molecule has 4 heterocycles. The maximum atomic E-state index is 12.7. The summed E-state index contributed by atoms with van der Waals surface area (Å²) < 4.78 is 10.7. The fourth-order valence-electron chi connectivity index (χ4n) is 3.05. The number of nitrogens with zero attached hydrogens (tertiary/aromatic N) is 4. The Morgan fingerprint density at radius 1 is 1.16 bits per heavy atom. The molecule has 0 unspecified atom stereocenters. The number of nitrogens with one attached hydrogen (secondary N) is 1. The Morgan fingerprint density at radius 2 is 2.08 bits per heavy atom. The van der Waals surface area contributed by atoms with E-state index >= 15 is 0 Å². The van der Waals surface area contributed by atoms with E-state index in [1.165, 1.54) is 6.33 Å². The van der Waals surface area contributed by atoms with Gasteiger partial charge >= 0.3 is 0 Å². The average molecular weight is 335 g/mol. The summed E-state index contributed by atoms with van der Waals surface area (Å²) in [6.07, 6.45) is 3.25. The Kier molecular flexibility index (Phi) is 2.96. The van der Waals surface area contributed by atoms with Crippen LogP contribution in [-0.4, -0.2) is 37.8 Å². The first kappa shape index (κ1) is 14.0. The summed E-state index contributed by atoms with van der Waals surface area (Å²) in [6.45, 7) is 1.21. The SMILES string of the molecule is O=C(c1cc(-c2ccc3c(c2)OCO3)n[nH]1)N1Cc2cncnc2C1. The highest BCUT2D eigenvalue weighted by Crippen LogP contribution is 2.35. The van der Waals surface area contributed by atoms with Crippen LogP contribution >= 0.6 is 0 Å². The first-order chi connectivity index (χ1) is 12.3. The lowest BCUT2D eigenvalue weighted by Crippen LogP contribution is -2.25. The molecule has 2 aliphatic heterocycles. The van der Waals surface area contributed by atoms with Crippen molar-refractivity contribution in [2.45, 2.75) is 13.1 Å². The highest BCUT2D eigenvalue weighted by atomic mass is 16.7. The summed E-state index contributed by atoms with van der Waals surface area (Å²) in [6, 6.07) is 7.32.